The fourth-order valence-corrected chi connectivity index (χ4v) is 5.85. The van der Waals surface area contributed by atoms with E-state index in [1.54, 1.807) is 6.07 Å². The second-order valence-electron chi connectivity index (χ2n) is 9.60. The molecule has 1 aromatic rings. The summed E-state index contributed by atoms with van der Waals surface area (Å²) in [5, 5.41) is 20.2. The largest absolute Gasteiger partial charge is 0.457 e. The third kappa shape index (κ3) is 4.12. The highest BCUT2D eigenvalue weighted by atomic mass is 19.1. The van der Waals surface area contributed by atoms with Crippen molar-refractivity contribution in [1.29, 1.82) is 5.26 Å². The van der Waals surface area contributed by atoms with Crippen LogP contribution in [0, 0.1) is 24.2 Å². The molecule has 174 valence electrons. The average Bonchev–Trinajstić information content (AvgIpc) is 3.39. The highest BCUT2D eigenvalue weighted by Gasteiger charge is 2.35. The molecule has 7 heteroatoms. The van der Waals surface area contributed by atoms with Crippen molar-refractivity contribution in [3.05, 3.63) is 57.2 Å². The summed E-state index contributed by atoms with van der Waals surface area (Å²) in [7, 11) is 0. The van der Waals surface area contributed by atoms with Crippen LogP contribution in [0.2, 0.25) is 0 Å². The lowest BCUT2D eigenvalue weighted by Gasteiger charge is -2.37. The van der Waals surface area contributed by atoms with Crippen LogP contribution in [0.4, 0.5) is 4.39 Å². The van der Waals surface area contributed by atoms with Crippen LogP contribution in [-0.4, -0.2) is 66.3 Å². The molecule has 5 rings (SSSR count). The first-order chi connectivity index (χ1) is 16.0. The van der Waals surface area contributed by atoms with Crippen molar-refractivity contribution >= 4 is 5.97 Å². The van der Waals surface area contributed by atoms with Gasteiger partial charge in [-0.15, -0.1) is 0 Å². The number of halogens is 1. The molecule has 0 radical (unpaired) electrons. The number of alkyl halides is 1. The standard InChI is InChI=1S/C26H30FN3O3/c1-16-18(4-5-21-23(16)15-33-26(21)32)25(31)14-30-10-8-29(9-11-30)13-17-2-3-20-19(17)6-7-24(27)22(20)12-28/h4-6,17,24-25,31H,2-3,7-11,13-15H2,1H3. The first kappa shape index (κ1) is 22.3. The van der Waals surface area contributed by atoms with Gasteiger partial charge in [-0.25, -0.2) is 9.18 Å². The number of allylic oxidation sites excluding steroid dienone is 3. The fraction of sp³-hybridized carbons (Fsp3) is 0.538. The third-order valence-electron chi connectivity index (χ3n) is 7.78. The predicted molar refractivity (Wildman–Crippen MR) is 121 cm³/mol. The summed E-state index contributed by atoms with van der Waals surface area (Å²) in [6.07, 6.45) is 2.40. The van der Waals surface area contributed by atoms with Gasteiger partial charge in [0.05, 0.1) is 23.3 Å². The summed E-state index contributed by atoms with van der Waals surface area (Å²) in [4.78, 5) is 16.5. The van der Waals surface area contributed by atoms with Gasteiger partial charge in [-0.1, -0.05) is 12.1 Å². The Morgan fingerprint density at radius 1 is 1.27 bits per heavy atom. The Morgan fingerprint density at radius 2 is 2.03 bits per heavy atom. The van der Waals surface area contributed by atoms with E-state index in [0.29, 0.717) is 30.0 Å². The van der Waals surface area contributed by atoms with Crippen molar-refractivity contribution in [1.82, 2.24) is 9.80 Å². The molecular weight excluding hydrogens is 421 g/mol. The number of β-amino-alcohol motifs (C(OH)–C–C–N with tert-alkyl or cyclic N) is 1. The number of nitriles is 1. The summed E-state index contributed by atoms with van der Waals surface area (Å²) in [6, 6.07) is 5.72. The number of ether oxygens (including phenoxy) is 1. The van der Waals surface area contributed by atoms with Crippen molar-refractivity contribution < 1.29 is 19.0 Å². The van der Waals surface area contributed by atoms with Gasteiger partial charge in [0.1, 0.15) is 12.8 Å². The normalized spacial score (nSPS) is 26.5. The second-order valence-corrected chi connectivity index (χ2v) is 9.60. The zero-order valence-corrected chi connectivity index (χ0v) is 19.0. The minimum Gasteiger partial charge on any atom is -0.457 e. The molecule has 4 aliphatic rings. The lowest BCUT2D eigenvalue weighted by Crippen LogP contribution is -2.48. The molecule has 1 N–H and O–H groups in total. The van der Waals surface area contributed by atoms with Gasteiger partial charge in [0.15, 0.2) is 0 Å². The summed E-state index contributed by atoms with van der Waals surface area (Å²) in [5.41, 5.74) is 5.83. The second kappa shape index (κ2) is 9.02. The number of carbonyl (C=O) groups excluding carboxylic acids is 1. The molecule has 2 fully saturated rings. The molecule has 1 aromatic carbocycles. The van der Waals surface area contributed by atoms with Crippen molar-refractivity contribution in [3.8, 4) is 6.07 Å². The number of carbonyl (C=O) groups is 1. The lowest BCUT2D eigenvalue weighted by atomic mass is 9.89. The van der Waals surface area contributed by atoms with Gasteiger partial charge in [0.2, 0.25) is 0 Å². The summed E-state index contributed by atoms with van der Waals surface area (Å²) >= 11 is 0. The molecule has 1 saturated heterocycles. The molecule has 3 unspecified atom stereocenters. The Bertz CT molecular complexity index is 1070. The molecule has 6 nitrogen and oxygen atoms in total. The lowest BCUT2D eigenvalue weighted by molar-refractivity contribution is 0.0535. The van der Waals surface area contributed by atoms with E-state index in [4.69, 9.17) is 4.74 Å². The van der Waals surface area contributed by atoms with E-state index in [1.165, 1.54) is 5.57 Å². The van der Waals surface area contributed by atoms with Gasteiger partial charge in [-0.3, -0.25) is 4.90 Å². The maximum Gasteiger partial charge on any atom is 0.338 e. The third-order valence-corrected chi connectivity index (χ3v) is 7.78. The highest BCUT2D eigenvalue weighted by molar-refractivity contribution is 5.93. The van der Waals surface area contributed by atoms with Crippen molar-refractivity contribution in [2.75, 3.05) is 39.3 Å². The maximum absolute atomic E-state index is 14.1. The summed E-state index contributed by atoms with van der Waals surface area (Å²) < 4.78 is 19.2. The van der Waals surface area contributed by atoms with Crippen LogP contribution in [-0.2, 0) is 11.3 Å². The number of rotatable bonds is 5. The molecule has 33 heavy (non-hydrogen) atoms. The Morgan fingerprint density at radius 3 is 2.79 bits per heavy atom. The molecule has 2 heterocycles. The van der Waals surface area contributed by atoms with Gasteiger partial charge in [0.25, 0.3) is 0 Å². The molecule has 0 spiro atoms. The van der Waals surface area contributed by atoms with Gasteiger partial charge in [-0.05, 0) is 54.0 Å². The van der Waals surface area contributed by atoms with Gasteiger partial charge >= 0.3 is 5.97 Å². The molecule has 0 bridgehead atoms. The Balaban J connectivity index is 1.15. The Hall–Kier alpha value is -2.53. The molecule has 0 amide bonds. The molecule has 0 aromatic heterocycles. The number of nitrogens with zero attached hydrogens (tertiary/aromatic N) is 3. The van der Waals surface area contributed by atoms with Gasteiger partial charge in [-0.2, -0.15) is 5.26 Å². The van der Waals surface area contributed by atoms with E-state index < -0.39 is 12.3 Å². The highest BCUT2D eigenvalue weighted by Crippen LogP contribution is 2.43. The minimum atomic E-state index is -1.13. The number of aliphatic hydroxyl groups excluding tert-OH is 1. The van der Waals surface area contributed by atoms with Crippen LogP contribution >= 0.6 is 0 Å². The number of cyclic esters (lactones) is 1. The van der Waals surface area contributed by atoms with E-state index >= 15 is 0 Å². The molecular formula is C26H30FN3O3. The zero-order valence-electron chi connectivity index (χ0n) is 19.0. The SMILES string of the molecule is Cc1c(C(O)CN2CCN(CC3CCC4=C(C#N)C(F)CC=C43)CC2)ccc2c1COC2=O. The Kier molecular flexibility index (Phi) is 6.09. The van der Waals surface area contributed by atoms with E-state index in [2.05, 4.69) is 15.9 Å². The molecule has 3 atom stereocenters. The van der Waals surface area contributed by atoms with E-state index in [-0.39, 0.29) is 12.6 Å². The quantitative estimate of drug-likeness (QED) is 0.693. The first-order valence-electron chi connectivity index (χ1n) is 11.9. The minimum absolute atomic E-state index is 0.285. The monoisotopic (exact) mass is 451 g/mol. The molecule has 2 aliphatic carbocycles. The summed E-state index contributed by atoms with van der Waals surface area (Å²) in [6.45, 7) is 7.36. The number of hydrogen-bond donors (Lipinski definition) is 1. The van der Waals surface area contributed by atoms with Crippen LogP contribution in [0.3, 0.4) is 0 Å². The van der Waals surface area contributed by atoms with Gasteiger partial charge < -0.3 is 14.7 Å². The summed E-state index contributed by atoms with van der Waals surface area (Å²) in [5.74, 6) is 0.0967. The topological polar surface area (TPSA) is 76.8 Å². The fourth-order valence-electron chi connectivity index (χ4n) is 5.85. The van der Waals surface area contributed by atoms with E-state index in [0.717, 1.165) is 67.8 Å². The van der Waals surface area contributed by atoms with Crippen LogP contribution in [0.5, 0.6) is 0 Å². The van der Waals surface area contributed by atoms with E-state index in [9.17, 15) is 19.6 Å². The van der Waals surface area contributed by atoms with Crippen LogP contribution in [0.1, 0.15) is 52.4 Å². The predicted octanol–water partition coefficient (Wildman–Crippen LogP) is 3.21. The van der Waals surface area contributed by atoms with Crippen LogP contribution in [0.15, 0.2) is 34.9 Å². The van der Waals surface area contributed by atoms with Crippen molar-refractivity contribution in [3.63, 3.8) is 0 Å². The number of benzene rings is 1. The zero-order chi connectivity index (χ0) is 23.1. The van der Waals surface area contributed by atoms with Gasteiger partial charge in [0, 0.05) is 51.3 Å². The Labute approximate surface area is 193 Å². The molecule has 1 saturated carbocycles. The number of esters is 1. The smallest absolute Gasteiger partial charge is 0.338 e. The van der Waals surface area contributed by atoms with Crippen LogP contribution < -0.4 is 0 Å². The first-order valence-corrected chi connectivity index (χ1v) is 11.9. The van der Waals surface area contributed by atoms with E-state index in [1.807, 2.05) is 19.1 Å². The maximum atomic E-state index is 14.1. The number of fused-ring (bicyclic) bond motifs is 2. The number of hydrogen-bond acceptors (Lipinski definition) is 6. The average molecular weight is 452 g/mol. The number of aliphatic hydroxyl groups is 1. The number of piperazine rings is 1. The van der Waals surface area contributed by atoms with Crippen molar-refractivity contribution in [2.24, 2.45) is 5.92 Å². The van der Waals surface area contributed by atoms with Crippen molar-refractivity contribution in [2.45, 2.75) is 45.1 Å². The van der Waals surface area contributed by atoms with Crippen LogP contribution in [0.25, 0.3) is 0 Å². The molecule has 2 aliphatic heterocycles.